The third-order valence-electron chi connectivity index (χ3n) is 12.6. The number of aliphatic hydroxyl groups excluding tert-OH is 1. The van der Waals surface area contributed by atoms with Crippen molar-refractivity contribution in [3.63, 3.8) is 0 Å². The number of ether oxygens (including phenoxy) is 2. The highest BCUT2D eigenvalue weighted by molar-refractivity contribution is 5.85. The van der Waals surface area contributed by atoms with E-state index in [2.05, 4.69) is 34.6 Å². The molecule has 0 aromatic carbocycles. The molecule has 0 amide bonds. The summed E-state index contributed by atoms with van der Waals surface area (Å²) in [5, 5.41) is 20.4. The lowest BCUT2D eigenvalue weighted by molar-refractivity contribution is -0.156. The lowest BCUT2D eigenvalue weighted by Gasteiger charge is -2.62. The molecular formula is C34H52O7. The van der Waals surface area contributed by atoms with Crippen molar-refractivity contribution in [2.75, 3.05) is 6.61 Å². The quantitative estimate of drug-likeness (QED) is 0.191. The standard InChI is InChI=1S/C34H52O7/c1-20(30(38)39)9-11-27(41-23(4)36)21(2)24-13-16-33(8)25-10-12-28-31(5,6)29(37)15-18-34(28,19-40-22(3)35)26(25)14-17-32(24,33)7/h9,21,24,27-29,37H,10-19H2,1-8H3,(H,38,39)/b20-9-/t21-,24+,27-,28-,29-,32+,33-,34-/m0/s1. The monoisotopic (exact) mass is 572 g/mol. The van der Waals surface area contributed by atoms with Crippen LogP contribution in [0.25, 0.3) is 0 Å². The van der Waals surface area contributed by atoms with Crippen LogP contribution in [-0.2, 0) is 23.9 Å². The largest absolute Gasteiger partial charge is 0.478 e. The SMILES string of the molecule is CC(=O)OC[C@]12CC[C@H](O)C(C)(C)[C@@H]1CCC1=C2CC[C@]2(C)[C@@H]([C@H](C)[C@H](C/C=C(/C)C(=O)O)OC(C)=O)CC[C@@]12C. The molecule has 41 heavy (non-hydrogen) atoms. The molecule has 4 rings (SSSR count). The number of allylic oxidation sites excluding steroid dienone is 1. The van der Waals surface area contributed by atoms with Gasteiger partial charge >= 0.3 is 17.9 Å². The van der Waals surface area contributed by atoms with Crippen LogP contribution in [-0.4, -0.2) is 46.9 Å². The first kappa shape index (κ1) is 31.8. The van der Waals surface area contributed by atoms with Crippen molar-refractivity contribution in [1.29, 1.82) is 0 Å². The highest BCUT2D eigenvalue weighted by Crippen LogP contribution is 2.72. The van der Waals surface area contributed by atoms with Crippen molar-refractivity contribution in [3.8, 4) is 0 Å². The second-order valence-electron chi connectivity index (χ2n) is 14.7. The van der Waals surface area contributed by atoms with Gasteiger partial charge in [-0.3, -0.25) is 9.59 Å². The van der Waals surface area contributed by atoms with E-state index in [-0.39, 0.29) is 63.2 Å². The van der Waals surface area contributed by atoms with E-state index in [1.165, 1.54) is 19.4 Å². The maximum atomic E-state index is 12.1. The molecule has 2 fully saturated rings. The lowest BCUT2D eigenvalue weighted by atomic mass is 9.43. The van der Waals surface area contributed by atoms with Crippen molar-refractivity contribution in [1.82, 2.24) is 0 Å². The molecule has 0 aliphatic heterocycles. The summed E-state index contributed by atoms with van der Waals surface area (Å²) in [7, 11) is 0. The van der Waals surface area contributed by atoms with Crippen molar-refractivity contribution >= 4 is 17.9 Å². The first-order valence-corrected chi connectivity index (χ1v) is 15.6. The van der Waals surface area contributed by atoms with Crippen LogP contribution in [0.2, 0.25) is 0 Å². The fourth-order valence-electron chi connectivity index (χ4n) is 10.00. The fourth-order valence-corrected chi connectivity index (χ4v) is 10.00. The Balaban J connectivity index is 1.72. The number of fused-ring (bicyclic) bond motifs is 4. The van der Waals surface area contributed by atoms with E-state index in [0.29, 0.717) is 25.4 Å². The van der Waals surface area contributed by atoms with Gasteiger partial charge in [0, 0.05) is 31.3 Å². The van der Waals surface area contributed by atoms with Crippen LogP contribution >= 0.6 is 0 Å². The molecule has 2 saturated carbocycles. The molecule has 2 N–H and O–H groups in total. The van der Waals surface area contributed by atoms with Crippen LogP contribution < -0.4 is 0 Å². The zero-order valence-electron chi connectivity index (χ0n) is 26.5. The Hall–Kier alpha value is -2.15. The van der Waals surface area contributed by atoms with Gasteiger partial charge in [0.1, 0.15) is 12.7 Å². The minimum Gasteiger partial charge on any atom is -0.478 e. The predicted octanol–water partition coefficient (Wildman–Crippen LogP) is 6.63. The Bertz CT molecular complexity index is 1130. The normalized spacial score (nSPS) is 37.8. The highest BCUT2D eigenvalue weighted by Gasteiger charge is 2.65. The number of rotatable bonds is 8. The minimum atomic E-state index is -0.955. The number of esters is 2. The third kappa shape index (κ3) is 5.19. The molecule has 0 radical (unpaired) electrons. The van der Waals surface area contributed by atoms with Crippen molar-refractivity contribution in [3.05, 3.63) is 22.8 Å². The van der Waals surface area contributed by atoms with Gasteiger partial charge in [0.15, 0.2) is 0 Å². The van der Waals surface area contributed by atoms with Gasteiger partial charge in [-0.15, -0.1) is 0 Å². The van der Waals surface area contributed by atoms with Crippen LogP contribution in [0.4, 0.5) is 0 Å². The van der Waals surface area contributed by atoms with E-state index < -0.39 is 5.97 Å². The lowest BCUT2D eigenvalue weighted by Crippen LogP contribution is -2.57. The molecular weight excluding hydrogens is 520 g/mol. The van der Waals surface area contributed by atoms with Crippen LogP contribution in [0.15, 0.2) is 22.8 Å². The number of aliphatic hydroxyl groups is 1. The summed E-state index contributed by atoms with van der Waals surface area (Å²) < 4.78 is 11.7. The van der Waals surface area contributed by atoms with Crippen LogP contribution in [0.3, 0.4) is 0 Å². The maximum absolute atomic E-state index is 12.1. The molecule has 4 aliphatic carbocycles. The van der Waals surface area contributed by atoms with E-state index in [0.717, 1.165) is 44.9 Å². The minimum absolute atomic E-state index is 0.00559. The Kier molecular flexibility index (Phi) is 8.65. The van der Waals surface area contributed by atoms with Gasteiger partial charge in [0.2, 0.25) is 0 Å². The molecule has 0 unspecified atom stereocenters. The van der Waals surface area contributed by atoms with Gasteiger partial charge in [0.05, 0.1) is 6.10 Å². The molecule has 0 heterocycles. The first-order chi connectivity index (χ1) is 19.0. The van der Waals surface area contributed by atoms with Gasteiger partial charge < -0.3 is 19.7 Å². The number of carbonyl (C=O) groups excluding carboxylic acids is 2. The zero-order valence-corrected chi connectivity index (χ0v) is 26.5. The molecule has 0 spiro atoms. The van der Waals surface area contributed by atoms with Gasteiger partial charge in [-0.1, -0.05) is 51.8 Å². The summed E-state index contributed by atoms with van der Waals surface area (Å²) in [6, 6.07) is 0. The summed E-state index contributed by atoms with van der Waals surface area (Å²) in [5.41, 5.74) is 2.76. The van der Waals surface area contributed by atoms with Crippen LogP contribution in [0.1, 0.15) is 113 Å². The summed E-state index contributed by atoms with van der Waals surface area (Å²) >= 11 is 0. The smallest absolute Gasteiger partial charge is 0.330 e. The average Bonchev–Trinajstić information content (AvgIpc) is 3.17. The molecule has 7 heteroatoms. The van der Waals surface area contributed by atoms with E-state index in [1.807, 2.05) is 0 Å². The topological polar surface area (TPSA) is 110 Å². The molecule has 4 aliphatic rings. The maximum Gasteiger partial charge on any atom is 0.330 e. The Morgan fingerprint density at radius 1 is 0.951 bits per heavy atom. The fraction of sp³-hybridized carbons (Fsp3) is 0.794. The molecule has 7 nitrogen and oxygen atoms in total. The summed E-state index contributed by atoms with van der Waals surface area (Å²) in [6.07, 6.45) is 8.88. The van der Waals surface area contributed by atoms with E-state index in [4.69, 9.17) is 9.47 Å². The summed E-state index contributed by atoms with van der Waals surface area (Å²) in [5.74, 6) is -0.908. The van der Waals surface area contributed by atoms with Gasteiger partial charge in [0.25, 0.3) is 0 Å². The Morgan fingerprint density at radius 3 is 2.24 bits per heavy atom. The van der Waals surface area contributed by atoms with Crippen LogP contribution in [0.5, 0.6) is 0 Å². The summed E-state index contributed by atoms with van der Waals surface area (Å²) in [4.78, 5) is 35.6. The number of carboxylic acids is 1. The molecule has 8 atom stereocenters. The van der Waals surface area contributed by atoms with Crippen molar-refractivity contribution in [2.45, 2.75) is 125 Å². The molecule has 0 bridgehead atoms. The van der Waals surface area contributed by atoms with Crippen molar-refractivity contribution < 1.29 is 34.1 Å². The van der Waals surface area contributed by atoms with Crippen LogP contribution in [0, 0.1) is 39.4 Å². The van der Waals surface area contributed by atoms with E-state index in [9.17, 15) is 24.6 Å². The highest BCUT2D eigenvalue weighted by atomic mass is 16.5. The van der Waals surface area contributed by atoms with E-state index in [1.54, 1.807) is 18.6 Å². The third-order valence-corrected chi connectivity index (χ3v) is 12.6. The number of carboxylic acid groups (broad SMARTS) is 1. The molecule has 0 aromatic rings. The predicted molar refractivity (Wildman–Crippen MR) is 157 cm³/mol. The van der Waals surface area contributed by atoms with E-state index >= 15 is 0 Å². The molecule has 0 saturated heterocycles. The first-order valence-electron chi connectivity index (χ1n) is 15.6. The van der Waals surface area contributed by atoms with Gasteiger partial charge in [-0.25, -0.2) is 4.79 Å². The molecule has 230 valence electrons. The van der Waals surface area contributed by atoms with Gasteiger partial charge in [-0.2, -0.15) is 0 Å². The number of carbonyl (C=O) groups is 3. The zero-order chi connectivity index (χ0) is 30.5. The second kappa shape index (κ2) is 11.2. The number of hydrogen-bond donors (Lipinski definition) is 2. The Morgan fingerprint density at radius 2 is 1.63 bits per heavy atom. The van der Waals surface area contributed by atoms with Crippen molar-refractivity contribution in [2.24, 2.45) is 39.4 Å². The summed E-state index contributed by atoms with van der Waals surface area (Å²) in [6.45, 7) is 16.3. The Labute approximate surface area is 246 Å². The molecule has 0 aromatic heterocycles. The number of hydrogen-bond acceptors (Lipinski definition) is 6. The average molecular weight is 573 g/mol. The second-order valence-corrected chi connectivity index (χ2v) is 14.7. The van der Waals surface area contributed by atoms with Gasteiger partial charge in [-0.05, 0) is 92.3 Å². The number of aliphatic carboxylic acids is 1.